The van der Waals surface area contributed by atoms with Crippen LogP contribution in [0.15, 0.2) is 43.5 Å². The predicted octanol–water partition coefficient (Wildman–Crippen LogP) is 4.54. The van der Waals surface area contributed by atoms with Crippen molar-refractivity contribution in [2.45, 2.75) is 51.0 Å². The van der Waals surface area contributed by atoms with Gasteiger partial charge < -0.3 is 30.3 Å². The lowest BCUT2D eigenvalue weighted by atomic mass is 9.69. The average molecular weight is 549 g/mol. The number of hydrogen-bond acceptors (Lipinski definition) is 10. The van der Waals surface area contributed by atoms with E-state index in [0.717, 1.165) is 50.9 Å². The second kappa shape index (κ2) is 15.1. The average Bonchev–Trinajstić information content (AvgIpc) is 2.99. The lowest BCUT2D eigenvalue weighted by Gasteiger charge is -2.34. The number of nitriles is 1. The van der Waals surface area contributed by atoms with Crippen LogP contribution in [0.2, 0.25) is 0 Å². The SMILES string of the molecule is C=CCNc1nc(NCC=C)nc(N2CCC(NCCCC(C#N)(c3ccc(OC)c(OC)c3)C(C)C)CC2)n1. The number of methoxy groups -OCH3 is 2. The third-order valence-corrected chi connectivity index (χ3v) is 7.48. The minimum absolute atomic E-state index is 0.149. The third kappa shape index (κ3) is 7.63. The molecule has 0 bridgehead atoms. The molecule has 1 atom stereocenters. The molecule has 3 N–H and O–H groups in total. The Balaban J connectivity index is 1.57. The number of hydrogen-bond donors (Lipinski definition) is 3. The highest BCUT2D eigenvalue weighted by atomic mass is 16.5. The van der Waals surface area contributed by atoms with E-state index in [-0.39, 0.29) is 5.92 Å². The molecule has 1 aliphatic rings. The van der Waals surface area contributed by atoms with Gasteiger partial charge in [-0.25, -0.2) is 0 Å². The first kappa shape index (κ1) is 30.7. The van der Waals surface area contributed by atoms with Gasteiger partial charge in [-0.05, 0) is 55.8 Å². The van der Waals surface area contributed by atoms with Crippen LogP contribution >= 0.6 is 0 Å². The van der Waals surface area contributed by atoms with Crippen molar-refractivity contribution in [3.05, 3.63) is 49.1 Å². The molecule has 40 heavy (non-hydrogen) atoms. The summed E-state index contributed by atoms with van der Waals surface area (Å²) in [6, 6.07) is 8.88. The quantitative estimate of drug-likeness (QED) is 0.204. The highest BCUT2D eigenvalue weighted by Gasteiger charge is 2.36. The fourth-order valence-electron chi connectivity index (χ4n) is 5.08. The van der Waals surface area contributed by atoms with Gasteiger partial charge in [0, 0.05) is 32.2 Å². The van der Waals surface area contributed by atoms with Crippen LogP contribution in [0.3, 0.4) is 0 Å². The van der Waals surface area contributed by atoms with E-state index < -0.39 is 5.41 Å². The van der Waals surface area contributed by atoms with E-state index in [2.05, 4.69) is 68.9 Å². The normalized spacial score (nSPS) is 15.2. The van der Waals surface area contributed by atoms with Crippen molar-refractivity contribution in [3.63, 3.8) is 0 Å². The van der Waals surface area contributed by atoms with Crippen molar-refractivity contribution < 1.29 is 9.47 Å². The number of nitrogens with zero attached hydrogens (tertiary/aromatic N) is 5. The molecular weight excluding hydrogens is 504 g/mol. The first-order valence-corrected chi connectivity index (χ1v) is 14.0. The third-order valence-electron chi connectivity index (χ3n) is 7.48. The summed E-state index contributed by atoms with van der Waals surface area (Å²) < 4.78 is 10.9. The summed E-state index contributed by atoms with van der Waals surface area (Å²) in [6.07, 6.45) is 7.17. The van der Waals surface area contributed by atoms with Crippen molar-refractivity contribution in [3.8, 4) is 17.6 Å². The van der Waals surface area contributed by atoms with E-state index in [0.29, 0.717) is 48.5 Å². The summed E-state index contributed by atoms with van der Waals surface area (Å²) in [4.78, 5) is 15.9. The van der Waals surface area contributed by atoms with Gasteiger partial charge in [-0.15, -0.1) is 13.2 Å². The number of anilines is 3. The Bertz CT molecular complexity index is 1130. The van der Waals surface area contributed by atoms with Crippen LogP contribution in [0.5, 0.6) is 11.5 Å². The summed E-state index contributed by atoms with van der Waals surface area (Å²) in [5.74, 6) is 3.18. The largest absolute Gasteiger partial charge is 0.493 e. The molecule has 1 aliphatic heterocycles. The molecule has 1 saturated heterocycles. The monoisotopic (exact) mass is 548 g/mol. The summed E-state index contributed by atoms with van der Waals surface area (Å²) in [5, 5.41) is 20.4. The van der Waals surface area contributed by atoms with Crippen molar-refractivity contribution in [2.24, 2.45) is 5.92 Å². The van der Waals surface area contributed by atoms with Crippen LogP contribution in [-0.4, -0.2) is 67.9 Å². The summed E-state index contributed by atoms with van der Waals surface area (Å²) in [6.45, 7) is 15.4. The first-order chi connectivity index (χ1) is 19.4. The number of ether oxygens (including phenoxy) is 2. The van der Waals surface area contributed by atoms with Crippen LogP contribution in [0, 0.1) is 17.2 Å². The standard InChI is InChI=1S/C30H44N8O2/c1-7-15-33-27-35-28(34-16-8-2)37-29(36-27)38-18-12-24(13-19-38)32-17-9-14-30(21-31,22(3)4)23-10-11-25(39-5)26(20-23)40-6/h7-8,10-11,20,22,24,32H,1-2,9,12-19H2,3-6H3,(H2,33,34,35,36,37). The van der Waals surface area contributed by atoms with E-state index in [1.807, 2.05) is 18.2 Å². The van der Waals surface area contributed by atoms with Crippen molar-refractivity contribution in [2.75, 3.05) is 62.5 Å². The second-order valence-electron chi connectivity index (χ2n) is 10.2. The fraction of sp³-hybridized carbons (Fsp3) is 0.533. The van der Waals surface area contributed by atoms with Crippen molar-refractivity contribution in [1.82, 2.24) is 20.3 Å². The zero-order chi connectivity index (χ0) is 29.0. The maximum Gasteiger partial charge on any atom is 0.231 e. The molecule has 2 heterocycles. The number of benzene rings is 1. The Labute approximate surface area is 238 Å². The van der Waals surface area contributed by atoms with Gasteiger partial charge in [0.05, 0.1) is 25.7 Å². The lowest BCUT2D eigenvalue weighted by Crippen LogP contribution is -2.43. The molecule has 1 aromatic heterocycles. The summed E-state index contributed by atoms with van der Waals surface area (Å²) in [5.41, 5.74) is 0.370. The molecule has 10 nitrogen and oxygen atoms in total. The Hall–Kier alpha value is -3.84. The molecule has 0 amide bonds. The molecule has 216 valence electrons. The first-order valence-electron chi connectivity index (χ1n) is 14.0. The Kier molecular flexibility index (Phi) is 11.6. The smallest absolute Gasteiger partial charge is 0.231 e. The molecule has 1 fully saturated rings. The van der Waals surface area contributed by atoms with E-state index in [9.17, 15) is 5.26 Å². The minimum atomic E-state index is -0.599. The van der Waals surface area contributed by atoms with E-state index >= 15 is 0 Å². The minimum Gasteiger partial charge on any atom is -0.493 e. The zero-order valence-electron chi connectivity index (χ0n) is 24.4. The maximum absolute atomic E-state index is 10.3. The van der Waals surface area contributed by atoms with Crippen LogP contribution in [0.4, 0.5) is 17.8 Å². The van der Waals surface area contributed by atoms with Crippen molar-refractivity contribution in [1.29, 1.82) is 5.26 Å². The van der Waals surface area contributed by atoms with E-state index in [1.165, 1.54) is 0 Å². The lowest BCUT2D eigenvalue weighted by molar-refractivity contribution is 0.335. The molecular formula is C30H44N8O2. The fourth-order valence-corrected chi connectivity index (χ4v) is 5.08. The zero-order valence-corrected chi connectivity index (χ0v) is 24.4. The van der Waals surface area contributed by atoms with Crippen LogP contribution in [-0.2, 0) is 5.41 Å². The number of rotatable bonds is 16. The molecule has 0 aliphatic carbocycles. The van der Waals surface area contributed by atoms with Crippen LogP contribution < -0.4 is 30.3 Å². The Morgan fingerprint density at radius 3 is 2.20 bits per heavy atom. The molecule has 1 unspecified atom stereocenters. The van der Waals surface area contributed by atoms with Gasteiger partial charge in [-0.2, -0.15) is 20.2 Å². The molecule has 1 aromatic carbocycles. The highest BCUT2D eigenvalue weighted by Crippen LogP contribution is 2.40. The predicted molar refractivity (Wildman–Crippen MR) is 161 cm³/mol. The van der Waals surface area contributed by atoms with Gasteiger partial charge in [0.15, 0.2) is 11.5 Å². The molecule has 0 saturated carbocycles. The number of aromatic nitrogens is 3. The molecule has 0 spiro atoms. The topological polar surface area (TPSA) is 120 Å². The van der Waals surface area contributed by atoms with Crippen LogP contribution in [0.1, 0.15) is 45.1 Å². The molecule has 0 radical (unpaired) electrons. The molecule has 10 heteroatoms. The Morgan fingerprint density at radius 1 is 1.05 bits per heavy atom. The van der Waals surface area contributed by atoms with Gasteiger partial charge in [-0.3, -0.25) is 0 Å². The highest BCUT2D eigenvalue weighted by molar-refractivity contribution is 5.47. The molecule has 2 aromatic rings. The van der Waals surface area contributed by atoms with Gasteiger partial charge >= 0.3 is 0 Å². The Morgan fingerprint density at radius 2 is 1.68 bits per heavy atom. The van der Waals surface area contributed by atoms with Gasteiger partial charge in [0.2, 0.25) is 17.8 Å². The second-order valence-corrected chi connectivity index (χ2v) is 10.2. The molecule has 3 rings (SSSR count). The van der Waals surface area contributed by atoms with Gasteiger partial charge in [0.25, 0.3) is 0 Å². The van der Waals surface area contributed by atoms with Gasteiger partial charge in [0.1, 0.15) is 0 Å². The van der Waals surface area contributed by atoms with E-state index in [1.54, 1.807) is 26.4 Å². The summed E-state index contributed by atoms with van der Waals surface area (Å²) >= 11 is 0. The van der Waals surface area contributed by atoms with Crippen molar-refractivity contribution >= 4 is 17.8 Å². The van der Waals surface area contributed by atoms with Gasteiger partial charge in [-0.1, -0.05) is 32.1 Å². The van der Waals surface area contributed by atoms with Crippen LogP contribution in [0.25, 0.3) is 0 Å². The number of piperidine rings is 1. The number of nitrogens with one attached hydrogen (secondary N) is 3. The maximum atomic E-state index is 10.3. The summed E-state index contributed by atoms with van der Waals surface area (Å²) in [7, 11) is 3.24. The van der Waals surface area contributed by atoms with E-state index in [4.69, 9.17) is 9.47 Å².